The standard InChI is InChI=1S/C19H19N3O4S/c1-13-20-10-9-17(21-13)14-5-4-6-15(11-14)22-27(23,24)19-12-16(25-2)7-8-18(19)26-3/h4-12,22H,1-3H3. The molecule has 0 amide bonds. The minimum atomic E-state index is -3.88. The quantitative estimate of drug-likeness (QED) is 0.700. The van der Waals surface area contributed by atoms with Gasteiger partial charge in [0, 0.05) is 23.5 Å². The molecule has 1 heterocycles. The van der Waals surface area contributed by atoms with Gasteiger partial charge in [-0.3, -0.25) is 4.72 Å². The second kappa shape index (κ2) is 7.63. The van der Waals surface area contributed by atoms with E-state index in [1.807, 2.05) is 6.07 Å². The van der Waals surface area contributed by atoms with Crippen molar-refractivity contribution in [1.29, 1.82) is 0 Å². The maximum atomic E-state index is 12.9. The highest BCUT2D eigenvalue weighted by atomic mass is 32.2. The molecule has 0 saturated carbocycles. The Bertz CT molecular complexity index is 1070. The van der Waals surface area contributed by atoms with Gasteiger partial charge in [0.05, 0.1) is 19.9 Å². The number of hydrogen-bond donors (Lipinski definition) is 1. The zero-order valence-electron chi connectivity index (χ0n) is 15.1. The van der Waals surface area contributed by atoms with Crippen LogP contribution in [0.5, 0.6) is 11.5 Å². The van der Waals surface area contributed by atoms with Crippen LogP contribution >= 0.6 is 0 Å². The molecule has 0 fully saturated rings. The molecule has 2 aromatic carbocycles. The predicted molar refractivity (Wildman–Crippen MR) is 103 cm³/mol. The summed E-state index contributed by atoms with van der Waals surface area (Å²) >= 11 is 0. The molecular weight excluding hydrogens is 366 g/mol. The van der Waals surface area contributed by atoms with Crippen molar-refractivity contribution >= 4 is 15.7 Å². The van der Waals surface area contributed by atoms with Gasteiger partial charge in [-0.25, -0.2) is 18.4 Å². The molecule has 0 aliphatic carbocycles. The third kappa shape index (κ3) is 4.17. The van der Waals surface area contributed by atoms with Crippen LogP contribution in [0.25, 0.3) is 11.3 Å². The Balaban J connectivity index is 1.96. The van der Waals surface area contributed by atoms with Crippen molar-refractivity contribution in [2.24, 2.45) is 0 Å². The van der Waals surface area contributed by atoms with E-state index in [0.29, 0.717) is 23.0 Å². The monoisotopic (exact) mass is 385 g/mol. The van der Waals surface area contributed by atoms with Crippen LogP contribution in [0.2, 0.25) is 0 Å². The number of benzene rings is 2. The average Bonchev–Trinajstić information content (AvgIpc) is 2.67. The topological polar surface area (TPSA) is 90.4 Å². The third-order valence-electron chi connectivity index (χ3n) is 3.85. The Morgan fingerprint density at radius 3 is 2.52 bits per heavy atom. The molecule has 0 unspecified atom stereocenters. The minimum Gasteiger partial charge on any atom is -0.497 e. The summed E-state index contributed by atoms with van der Waals surface area (Å²) in [5.74, 6) is 1.28. The normalized spacial score (nSPS) is 11.1. The Morgan fingerprint density at radius 1 is 1.00 bits per heavy atom. The van der Waals surface area contributed by atoms with E-state index in [4.69, 9.17) is 9.47 Å². The van der Waals surface area contributed by atoms with Gasteiger partial charge in [-0.2, -0.15) is 0 Å². The first kappa shape index (κ1) is 18.7. The molecular formula is C19H19N3O4S. The molecule has 1 N–H and O–H groups in total. The zero-order chi connectivity index (χ0) is 19.4. The Hall–Kier alpha value is -3.13. The van der Waals surface area contributed by atoms with Gasteiger partial charge >= 0.3 is 0 Å². The summed E-state index contributed by atoms with van der Waals surface area (Å²) < 4.78 is 38.6. The zero-order valence-corrected chi connectivity index (χ0v) is 15.9. The number of hydrogen-bond acceptors (Lipinski definition) is 6. The SMILES string of the molecule is COc1ccc(OC)c(S(=O)(=O)Nc2cccc(-c3ccnc(C)n3)c2)c1. The molecule has 0 saturated heterocycles. The van der Waals surface area contributed by atoms with Crippen LogP contribution in [0.1, 0.15) is 5.82 Å². The first-order chi connectivity index (χ1) is 12.9. The maximum Gasteiger partial charge on any atom is 0.265 e. The predicted octanol–water partition coefficient (Wildman–Crippen LogP) is 3.27. The molecule has 0 aliphatic rings. The average molecular weight is 385 g/mol. The molecule has 0 radical (unpaired) electrons. The number of ether oxygens (including phenoxy) is 2. The second-order valence-electron chi connectivity index (χ2n) is 5.69. The van der Waals surface area contributed by atoms with E-state index < -0.39 is 10.0 Å². The van der Waals surface area contributed by atoms with Gasteiger partial charge in [0.1, 0.15) is 22.2 Å². The fraction of sp³-hybridized carbons (Fsp3) is 0.158. The van der Waals surface area contributed by atoms with Crippen molar-refractivity contribution in [3.8, 4) is 22.8 Å². The lowest BCUT2D eigenvalue weighted by Crippen LogP contribution is -2.14. The fourth-order valence-corrected chi connectivity index (χ4v) is 3.80. The van der Waals surface area contributed by atoms with Crippen molar-refractivity contribution in [2.75, 3.05) is 18.9 Å². The molecule has 7 nitrogen and oxygen atoms in total. The molecule has 0 spiro atoms. The molecule has 3 aromatic rings. The maximum absolute atomic E-state index is 12.9. The fourth-order valence-electron chi connectivity index (χ4n) is 2.56. The van der Waals surface area contributed by atoms with Gasteiger partial charge in [0.25, 0.3) is 10.0 Å². The van der Waals surface area contributed by atoms with Gasteiger partial charge in [0.2, 0.25) is 0 Å². The lowest BCUT2D eigenvalue weighted by atomic mass is 10.1. The van der Waals surface area contributed by atoms with E-state index in [9.17, 15) is 8.42 Å². The Labute approximate surface area is 158 Å². The van der Waals surface area contributed by atoms with E-state index in [2.05, 4.69) is 14.7 Å². The lowest BCUT2D eigenvalue weighted by Gasteiger charge is -2.13. The number of aryl methyl sites for hydroxylation is 1. The van der Waals surface area contributed by atoms with Crippen LogP contribution in [-0.4, -0.2) is 32.6 Å². The number of aromatic nitrogens is 2. The van der Waals surface area contributed by atoms with Crippen LogP contribution in [0, 0.1) is 6.92 Å². The minimum absolute atomic E-state index is 0.00682. The highest BCUT2D eigenvalue weighted by Gasteiger charge is 2.21. The van der Waals surface area contributed by atoms with Crippen molar-refractivity contribution in [3.05, 3.63) is 60.6 Å². The van der Waals surface area contributed by atoms with Crippen LogP contribution in [0.15, 0.2) is 59.6 Å². The number of rotatable bonds is 6. The number of nitrogens with zero attached hydrogens (tertiary/aromatic N) is 2. The summed E-state index contributed by atoms with van der Waals surface area (Å²) in [5.41, 5.74) is 1.90. The first-order valence-corrected chi connectivity index (χ1v) is 9.56. The van der Waals surface area contributed by atoms with E-state index >= 15 is 0 Å². The highest BCUT2D eigenvalue weighted by Crippen LogP contribution is 2.30. The van der Waals surface area contributed by atoms with Crippen LogP contribution in [-0.2, 0) is 10.0 Å². The molecule has 1 aromatic heterocycles. The van der Waals surface area contributed by atoms with Crippen molar-refractivity contribution in [3.63, 3.8) is 0 Å². The lowest BCUT2D eigenvalue weighted by molar-refractivity contribution is 0.392. The van der Waals surface area contributed by atoms with Crippen molar-refractivity contribution in [1.82, 2.24) is 9.97 Å². The summed E-state index contributed by atoms with van der Waals surface area (Å²) in [6, 6.07) is 13.4. The molecule has 0 aliphatic heterocycles. The summed E-state index contributed by atoms with van der Waals surface area (Å²) in [5, 5.41) is 0. The Morgan fingerprint density at radius 2 is 1.81 bits per heavy atom. The Kier molecular flexibility index (Phi) is 5.27. The van der Waals surface area contributed by atoms with Crippen molar-refractivity contribution in [2.45, 2.75) is 11.8 Å². The smallest absolute Gasteiger partial charge is 0.265 e. The number of sulfonamides is 1. The first-order valence-electron chi connectivity index (χ1n) is 8.08. The molecule has 27 heavy (non-hydrogen) atoms. The number of anilines is 1. The summed E-state index contributed by atoms with van der Waals surface area (Å²) in [4.78, 5) is 8.43. The van der Waals surface area contributed by atoms with Crippen LogP contribution < -0.4 is 14.2 Å². The largest absolute Gasteiger partial charge is 0.497 e. The van der Waals surface area contributed by atoms with E-state index in [-0.39, 0.29) is 10.6 Å². The molecule has 140 valence electrons. The van der Waals surface area contributed by atoms with Gasteiger partial charge in [-0.05, 0) is 37.3 Å². The molecule has 8 heteroatoms. The summed E-state index contributed by atoms with van der Waals surface area (Å²) in [6.45, 7) is 1.80. The highest BCUT2D eigenvalue weighted by molar-refractivity contribution is 7.92. The summed E-state index contributed by atoms with van der Waals surface area (Å²) in [7, 11) is -0.997. The van der Waals surface area contributed by atoms with Crippen LogP contribution in [0.4, 0.5) is 5.69 Å². The van der Waals surface area contributed by atoms with E-state index in [0.717, 1.165) is 5.56 Å². The van der Waals surface area contributed by atoms with Crippen molar-refractivity contribution < 1.29 is 17.9 Å². The second-order valence-corrected chi connectivity index (χ2v) is 7.34. The number of methoxy groups -OCH3 is 2. The van der Waals surface area contributed by atoms with E-state index in [1.165, 1.54) is 20.3 Å². The van der Waals surface area contributed by atoms with Gasteiger partial charge in [-0.1, -0.05) is 12.1 Å². The molecule has 3 rings (SSSR count). The van der Waals surface area contributed by atoms with E-state index in [1.54, 1.807) is 49.5 Å². The van der Waals surface area contributed by atoms with Crippen LogP contribution in [0.3, 0.4) is 0 Å². The molecule has 0 atom stereocenters. The third-order valence-corrected chi connectivity index (χ3v) is 5.25. The number of nitrogens with one attached hydrogen (secondary N) is 1. The summed E-state index contributed by atoms with van der Waals surface area (Å²) in [6.07, 6.45) is 1.66. The van der Waals surface area contributed by atoms with Gasteiger partial charge in [-0.15, -0.1) is 0 Å². The molecule has 0 bridgehead atoms. The van der Waals surface area contributed by atoms with Gasteiger partial charge < -0.3 is 9.47 Å². The van der Waals surface area contributed by atoms with Gasteiger partial charge in [0.15, 0.2) is 0 Å².